The summed E-state index contributed by atoms with van der Waals surface area (Å²) < 4.78 is 4.58. The Morgan fingerprint density at radius 2 is 1.01 bits per heavy atom. The molecule has 12 aromatic rings. The Labute approximate surface area is 447 Å². The van der Waals surface area contributed by atoms with Gasteiger partial charge < -0.3 is 9.67 Å². The number of imidazole rings is 1. The molecule has 1 N–H and O–H groups in total. The van der Waals surface area contributed by atoms with Gasteiger partial charge in [0.1, 0.15) is 11.6 Å². The first-order valence-corrected chi connectivity index (χ1v) is 25.1. The number of phenols is 1. The first kappa shape index (κ1) is 48.2. The van der Waals surface area contributed by atoms with Crippen LogP contribution >= 0.6 is 0 Å². The Hall–Kier alpha value is -8.11. The Bertz CT molecular complexity index is 4050. The average molecular weight is 1140 g/mol. The van der Waals surface area contributed by atoms with Crippen molar-refractivity contribution in [1.82, 2.24) is 19.1 Å². The molecule has 0 spiro atoms. The second-order valence-electron chi connectivity index (χ2n) is 21.1. The first-order valence-electron chi connectivity index (χ1n) is 25.1. The Morgan fingerprint density at radius 3 is 1.72 bits per heavy atom. The van der Waals surface area contributed by atoms with Gasteiger partial charge in [-0.05, 0) is 87.2 Å². The van der Waals surface area contributed by atoms with Gasteiger partial charge in [0.25, 0.3) is 0 Å². The largest absolute Gasteiger partial charge is 0.507 e. The Morgan fingerprint density at radius 1 is 0.446 bits per heavy atom. The fourth-order valence-electron chi connectivity index (χ4n) is 10.6. The number of aromatic hydroxyl groups is 1. The predicted molar refractivity (Wildman–Crippen MR) is 304 cm³/mol. The molecule has 0 radical (unpaired) electrons. The number of fused-ring (bicyclic) bond motifs is 4. The van der Waals surface area contributed by atoms with E-state index in [-0.39, 0.29) is 37.6 Å². The fraction of sp³-hybridized carbons (Fsp3) is 0.118. The molecule has 0 atom stereocenters. The zero-order chi connectivity index (χ0) is 50.0. The summed E-state index contributed by atoms with van der Waals surface area (Å²) in [6.07, 6.45) is 1.93. The number of hydrogen-bond acceptors (Lipinski definition) is 3. The minimum Gasteiger partial charge on any atom is -0.507 e. The van der Waals surface area contributed by atoms with Crippen molar-refractivity contribution in [3.05, 3.63) is 236 Å². The molecule has 0 aliphatic heterocycles. The van der Waals surface area contributed by atoms with Crippen molar-refractivity contribution in [3.8, 4) is 84.3 Å². The molecule has 0 amide bonds. The van der Waals surface area contributed by atoms with Crippen LogP contribution in [0.25, 0.3) is 111 Å². The summed E-state index contributed by atoms with van der Waals surface area (Å²) >= 11 is 0. The molecule has 0 unspecified atom stereocenters. The van der Waals surface area contributed by atoms with Gasteiger partial charge in [-0.3, -0.25) is 9.55 Å². The second kappa shape index (κ2) is 19.1. The van der Waals surface area contributed by atoms with Gasteiger partial charge in [-0.2, -0.15) is 0 Å². The van der Waals surface area contributed by atoms with Crippen LogP contribution < -0.4 is 0 Å². The Kier molecular flexibility index (Phi) is 12.4. The van der Waals surface area contributed by atoms with Gasteiger partial charge in [-0.1, -0.05) is 210 Å². The summed E-state index contributed by atoms with van der Waals surface area (Å²) in [6.45, 7) is 13.1. The van der Waals surface area contributed by atoms with Gasteiger partial charge in [-0.25, -0.2) is 4.98 Å². The third-order valence-electron chi connectivity index (χ3n) is 14.3. The molecule has 3 aromatic heterocycles. The quantitative estimate of drug-likeness (QED) is 0.154. The molecule has 0 saturated carbocycles. The van der Waals surface area contributed by atoms with E-state index in [2.05, 4.69) is 263 Å². The van der Waals surface area contributed by atoms with E-state index in [1.165, 1.54) is 10.8 Å². The van der Waals surface area contributed by atoms with E-state index in [4.69, 9.17) is 9.97 Å². The molecule has 0 aliphatic rings. The number of pyridine rings is 1. The number of rotatable bonds is 8. The molecule has 0 fully saturated rings. The summed E-state index contributed by atoms with van der Waals surface area (Å²) in [7, 11) is 0. The van der Waals surface area contributed by atoms with Crippen LogP contribution in [0.4, 0.5) is 0 Å². The monoisotopic (exact) mass is 1140 g/mol. The third-order valence-corrected chi connectivity index (χ3v) is 14.3. The van der Waals surface area contributed by atoms with E-state index in [0.717, 1.165) is 100 Å². The molecule has 0 bridgehead atoms. The zero-order valence-electron chi connectivity index (χ0n) is 42.3. The van der Waals surface area contributed by atoms with Gasteiger partial charge in [0.05, 0.1) is 27.6 Å². The fourth-order valence-corrected chi connectivity index (χ4v) is 10.6. The van der Waals surface area contributed by atoms with Crippen molar-refractivity contribution in [2.45, 2.75) is 52.4 Å². The van der Waals surface area contributed by atoms with E-state index >= 15 is 0 Å². The maximum Gasteiger partial charge on any atom is 0.148 e. The van der Waals surface area contributed by atoms with Gasteiger partial charge in [0.15, 0.2) is 0 Å². The van der Waals surface area contributed by atoms with Crippen molar-refractivity contribution in [2.24, 2.45) is 0 Å². The van der Waals surface area contributed by atoms with Crippen LogP contribution in [-0.2, 0) is 31.9 Å². The number of benzene rings is 9. The summed E-state index contributed by atoms with van der Waals surface area (Å²) in [4.78, 5) is 10.7. The second-order valence-corrected chi connectivity index (χ2v) is 21.1. The molecule has 3 heterocycles. The molecule has 12 rings (SSSR count). The molecule has 6 heteroatoms. The average Bonchev–Trinajstić information content (AvgIpc) is 3.98. The zero-order valence-corrected chi connectivity index (χ0v) is 44.6. The molecular weight excluding hydrogens is 1080 g/mol. The van der Waals surface area contributed by atoms with Crippen LogP contribution in [0.15, 0.2) is 219 Å². The van der Waals surface area contributed by atoms with E-state index in [1.54, 1.807) is 0 Å². The van der Waals surface area contributed by atoms with Crippen LogP contribution in [0.5, 0.6) is 5.75 Å². The van der Waals surface area contributed by atoms with Gasteiger partial charge in [0.2, 0.25) is 0 Å². The SMILES string of the molecule is CC(C)(C)c1cc(-c2nc3c(-c4[c-]c(-c5cc(-c6cccc7c8ccccc8n(-c8ccccc8)c67)ccn5)cc(-c5ccccc5-c5ccccc5)c4)cccc3n2-c2ccccc2)c(O)c(C(C)(C)C)c1.[Pt]. The first-order chi connectivity index (χ1) is 35.4. The molecule has 9 aromatic carbocycles. The number of nitrogens with zero attached hydrogens (tertiary/aromatic N) is 4. The molecule has 74 heavy (non-hydrogen) atoms. The van der Waals surface area contributed by atoms with Crippen LogP contribution in [0, 0.1) is 6.07 Å². The van der Waals surface area contributed by atoms with Crippen LogP contribution in [-0.4, -0.2) is 24.2 Å². The van der Waals surface area contributed by atoms with E-state index in [9.17, 15) is 5.11 Å². The number of aromatic nitrogens is 4. The van der Waals surface area contributed by atoms with Crippen LogP contribution in [0.1, 0.15) is 52.7 Å². The van der Waals surface area contributed by atoms with Crippen molar-refractivity contribution in [3.63, 3.8) is 0 Å². The smallest absolute Gasteiger partial charge is 0.148 e. The van der Waals surface area contributed by atoms with Crippen LogP contribution in [0.2, 0.25) is 0 Å². The summed E-state index contributed by atoms with van der Waals surface area (Å²) in [5.41, 5.74) is 18.3. The van der Waals surface area contributed by atoms with Gasteiger partial charge in [0, 0.05) is 66.2 Å². The molecule has 0 aliphatic carbocycles. The number of para-hydroxylation sites is 5. The van der Waals surface area contributed by atoms with E-state index in [0.29, 0.717) is 11.4 Å². The summed E-state index contributed by atoms with van der Waals surface area (Å²) in [5.74, 6) is 0.915. The molecule has 0 saturated heterocycles. The van der Waals surface area contributed by atoms with E-state index < -0.39 is 0 Å². The standard InChI is InChI=1S/C68H55N4O.Pt/c1-67(2,3)49-42-58(65(73)59(43-49)68(4,5)6)66-70-63-54(31-21-35-62(63)72(66)51-26-14-9-15-27-51)47-38-46(53-29-17-16-28-52(53)44-22-10-7-11-23-44)39-48(40-47)60-41-45(36-37-69-60)55-32-20-33-57-56-30-18-19-34-61(56)71(64(55)57)50-24-12-8-13-25-50;/h7-39,41-43,73H,1-6H3;/q-1;. The van der Waals surface area contributed by atoms with Crippen molar-refractivity contribution in [2.75, 3.05) is 0 Å². The Balaban J connectivity index is 0.00000588. The number of hydrogen-bond donors (Lipinski definition) is 1. The topological polar surface area (TPSA) is 55.9 Å². The van der Waals surface area contributed by atoms with Crippen LogP contribution in [0.3, 0.4) is 0 Å². The van der Waals surface area contributed by atoms with E-state index in [1.807, 2.05) is 12.3 Å². The maximum absolute atomic E-state index is 12.4. The number of phenolic OH excluding ortho intramolecular Hbond substituents is 1. The van der Waals surface area contributed by atoms with Crippen molar-refractivity contribution < 1.29 is 26.2 Å². The normalized spacial score (nSPS) is 11.9. The van der Waals surface area contributed by atoms with Gasteiger partial charge in [-0.15, -0.1) is 23.8 Å². The molecule has 5 nitrogen and oxygen atoms in total. The molecule has 364 valence electrons. The minimum atomic E-state index is -0.325. The maximum atomic E-state index is 12.4. The van der Waals surface area contributed by atoms with Crippen molar-refractivity contribution in [1.29, 1.82) is 0 Å². The minimum absolute atomic E-state index is 0. The molecular formula is C68H55N4OPt-. The third kappa shape index (κ3) is 8.55. The van der Waals surface area contributed by atoms with Gasteiger partial charge >= 0.3 is 0 Å². The summed E-state index contributed by atoms with van der Waals surface area (Å²) in [6, 6.07) is 78.9. The summed E-state index contributed by atoms with van der Waals surface area (Å²) in [5, 5.41) is 14.8. The van der Waals surface area contributed by atoms with Crippen molar-refractivity contribution >= 4 is 32.8 Å². The predicted octanol–water partition coefficient (Wildman–Crippen LogP) is 17.6.